The molecule has 0 aromatic heterocycles. The van der Waals surface area contributed by atoms with Crippen LogP contribution in [0.1, 0.15) is 5.56 Å². The van der Waals surface area contributed by atoms with Gasteiger partial charge in [-0.1, -0.05) is 6.07 Å². The third kappa shape index (κ3) is 5.61. The molecule has 7 nitrogen and oxygen atoms in total. The number of quaternary nitrogens is 1. The summed E-state index contributed by atoms with van der Waals surface area (Å²) in [6, 6.07) is 5.22. The number of benzene rings is 1. The van der Waals surface area contributed by atoms with Gasteiger partial charge in [-0.25, -0.2) is 12.7 Å². The number of ether oxygens (including phenoxy) is 1. The molecule has 1 aromatic carbocycles. The third-order valence-electron chi connectivity index (χ3n) is 4.17. The first-order valence-electron chi connectivity index (χ1n) is 8.30. The van der Waals surface area contributed by atoms with E-state index in [9.17, 15) is 8.42 Å². The van der Waals surface area contributed by atoms with Crippen LogP contribution >= 0.6 is 12.2 Å². The number of sulfonamides is 1. The van der Waals surface area contributed by atoms with Gasteiger partial charge in [0.05, 0.1) is 31.2 Å². The van der Waals surface area contributed by atoms with Crippen molar-refractivity contribution in [1.29, 1.82) is 0 Å². The fraction of sp³-hybridized carbons (Fsp3) is 0.562. The van der Waals surface area contributed by atoms with Gasteiger partial charge < -0.3 is 20.3 Å². The number of thiocarbonyl (C=S) groups is 1. The van der Waals surface area contributed by atoms with Crippen LogP contribution in [0.3, 0.4) is 0 Å². The Hall–Kier alpha value is -1.26. The van der Waals surface area contributed by atoms with Gasteiger partial charge in [0, 0.05) is 19.8 Å². The second-order valence-corrected chi connectivity index (χ2v) is 8.79. The number of hydrogen-bond donors (Lipinski definition) is 3. The van der Waals surface area contributed by atoms with Gasteiger partial charge in [0.25, 0.3) is 0 Å². The molecule has 25 heavy (non-hydrogen) atoms. The second kappa shape index (κ2) is 8.91. The van der Waals surface area contributed by atoms with Crippen LogP contribution in [0, 0.1) is 6.92 Å². The number of nitrogens with one attached hydrogen (secondary N) is 3. The van der Waals surface area contributed by atoms with Crippen molar-refractivity contribution in [1.82, 2.24) is 9.62 Å². The van der Waals surface area contributed by atoms with Gasteiger partial charge >= 0.3 is 0 Å². The van der Waals surface area contributed by atoms with E-state index in [-0.39, 0.29) is 4.90 Å². The first-order chi connectivity index (χ1) is 11.8. The first kappa shape index (κ1) is 20.1. The van der Waals surface area contributed by atoms with E-state index in [1.165, 1.54) is 23.3 Å². The smallest absolute Gasteiger partial charge is 0.242 e. The van der Waals surface area contributed by atoms with Crippen LogP contribution in [0.15, 0.2) is 23.1 Å². The van der Waals surface area contributed by atoms with E-state index in [1.54, 1.807) is 19.1 Å². The summed E-state index contributed by atoms with van der Waals surface area (Å²) in [6.07, 6.45) is 0. The van der Waals surface area contributed by atoms with Gasteiger partial charge in [-0.3, -0.25) is 0 Å². The fourth-order valence-electron chi connectivity index (χ4n) is 2.59. The zero-order valence-electron chi connectivity index (χ0n) is 15.0. The number of hydrogen-bond acceptors (Lipinski definition) is 4. The quantitative estimate of drug-likeness (QED) is 0.569. The first-order valence-corrected chi connectivity index (χ1v) is 10.1. The van der Waals surface area contributed by atoms with Gasteiger partial charge in [0.2, 0.25) is 10.0 Å². The maximum absolute atomic E-state index is 12.4. The molecular weight excluding hydrogens is 360 g/mol. The standard InChI is InChI=1S/C16H26N4O3S2/c1-13-4-5-14(12-15(13)25(21,22)19(2)3)18-16(24)17-6-7-20-8-10-23-11-9-20/h4-5,12H,6-11H2,1-3H3,(H2,17,18,24)/p+1. The predicted molar refractivity (Wildman–Crippen MR) is 103 cm³/mol. The Balaban J connectivity index is 1.92. The van der Waals surface area contributed by atoms with Crippen LogP contribution in [-0.2, 0) is 14.8 Å². The van der Waals surface area contributed by atoms with Gasteiger partial charge in [-0.2, -0.15) is 0 Å². The molecule has 1 saturated heterocycles. The van der Waals surface area contributed by atoms with Crippen LogP contribution in [0.4, 0.5) is 5.69 Å². The molecular formula is C16H27N4O3S2+. The van der Waals surface area contributed by atoms with E-state index >= 15 is 0 Å². The molecule has 0 aliphatic carbocycles. The normalized spacial score (nSPS) is 16.0. The number of aryl methyl sites for hydroxylation is 1. The highest BCUT2D eigenvalue weighted by Gasteiger charge is 2.20. The molecule has 0 saturated carbocycles. The van der Waals surface area contributed by atoms with E-state index in [0.29, 0.717) is 16.4 Å². The molecule has 0 atom stereocenters. The summed E-state index contributed by atoms with van der Waals surface area (Å²) in [5.74, 6) is 0. The van der Waals surface area contributed by atoms with Gasteiger partial charge in [-0.15, -0.1) is 0 Å². The molecule has 1 fully saturated rings. The van der Waals surface area contributed by atoms with Crippen molar-refractivity contribution < 1.29 is 18.1 Å². The lowest BCUT2D eigenvalue weighted by atomic mass is 10.2. The van der Waals surface area contributed by atoms with Crippen molar-refractivity contribution in [2.24, 2.45) is 0 Å². The number of nitrogens with zero attached hydrogens (tertiary/aromatic N) is 1. The Bertz CT molecular complexity index is 701. The molecule has 3 N–H and O–H groups in total. The summed E-state index contributed by atoms with van der Waals surface area (Å²) >= 11 is 5.31. The second-order valence-electron chi connectivity index (χ2n) is 6.26. The molecule has 1 heterocycles. The van der Waals surface area contributed by atoms with Gasteiger partial charge in [0.15, 0.2) is 5.11 Å². The minimum absolute atomic E-state index is 0.281. The predicted octanol–water partition coefficient (Wildman–Crippen LogP) is -0.553. The average molecular weight is 388 g/mol. The summed E-state index contributed by atoms with van der Waals surface area (Å²) in [6.45, 7) is 7.17. The summed E-state index contributed by atoms with van der Waals surface area (Å²) < 4.78 is 31.3. The maximum Gasteiger partial charge on any atom is 0.242 e. The van der Waals surface area contributed by atoms with Crippen LogP contribution < -0.4 is 15.5 Å². The lowest BCUT2D eigenvalue weighted by Crippen LogP contribution is -3.14. The van der Waals surface area contributed by atoms with Crippen molar-refractivity contribution in [3.8, 4) is 0 Å². The minimum Gasteiger partial charge on any atom is -0.370 e. The topological polar surface area (TPSA) is 75.1 Å². The molecule has 0 bridgehead atoms. The van der Waals surface area contributed by atoms with E-state index < -0.39 is 10.0 Å². The van der Waals surface area contributed by atoms with E-state index in [1.807, 2.05) is 6.07 Å². The molecule has 9 heteroatoms. The van der Waals surface area contributed by atoms with E-state index in [4.69, 9.17) is 17.0 Å². The van der Waals surface area contributed by atoms with Crippen molar-refractivity contribution in [3.05, 3.63) is 23.8 Å². The summed E-state index contributed by atoms with van der Waals surface area (Å²) in [4.78, 5) is 1.78. The highest BCUT2D eigenvalue weighted by molar-refractivity contribution is 7.89. The third-order valence-corrected chi connectivity index (χ3v) is 6.37. The number of morpholine rings is 1. The molecule has 1 aromatic rings. The zero-order valence-corrected chi connectivity index (χ0v) is 16.6. The van der Waals surface area contributed by atoms with Crippen LogP contribution in [-0.4, -0.2) is 71.3 Å². The summed E-state index contributed by atoms with van der Waals surface area (Å²) in [7, 11) is -0.437. The van der Waals surface area contributed by atoms with Crippen LogP contribution in [0.25, 0.3) is 0 Å². The van der Waals surface area contributed by atoms with Crippen LogP contribution in [0.5, 0.6) is 0 Å². The maximum atomic E-state index is 12.4. The fourth-order valence-corrected chi connectivity index (χ4v) is 3.95. The Morgan fingerprint density at radius 2 is 2.00 bits per heavy atom. The zero-order chi connectivity index (χ0) is 18.4. The highest BCUT2D eigenvalue weighted by atomic mass is 32.2. The van der Waals surface area contributed by atoms with Crippen molar-refractivity contribution in [2.45, 2.75) is 11.8 Å². The number of rotatable bonds is 6. The van der Waals surface area contributed by atoms with Crippen LogP contribution in [0.2, 0.25) is 0 Å². The molecule has 0 unspecified atom stereocenters. The molecule has 2 rings (SSSR count). The number of anilines is 1. The summed E-state index contributed by atoms with van der Waals surface area (Å²) in [5.41, 5.74) is 1.36. The monoisotopic (exact) mass is 387 g/mol. The molecule has 0 amide bonds. The van der Waals surface area contributed by atoms with Crippen molar-refractivity contribution in [3.63, 3.8) is 0 Å². The Morgan fingerprint density at radius 3 is 2.64 bits per heavy atom. The van der Waals surface area contributed by atoms with E-state index in [0.717, 1.165) is 39.4 Å². The van der Waals surface area contributed by atoms with E-state index in [2.05, 4.69) is 10.6 Å². The Labute approximate surface area is 155 Å². The molecule has 140 valence electrons. The van der Waals surface area contributed by atoms with Crippen molar-refractivity contribution in [2.75, 3.05) is 58.8 Å². The molecule has 1 aliphatic rings. The largest absolute Gasteiger partial charge is 0.370 e. The molecule has 0 spiro atoms. The minimum atomic E-state index is -3.48. The lowest BCUT2D eigenvalue weighted by molar-refractivity contribution is -0.906. The lowest BCUT2D eigenvalue weighted by Gasteiger charge is -2.24. The Morgan fingerprint density at radius 1 is 1.32 bits per heavy atom. The summed E-state index contributed by atoms with van der Waals surface area (Å²) in [5, 5.41) is 6.73. The molecule has 1 aliphatic heterocycles. The van der Waals surface area contributed by atoms with Gasteiger partial charge in [-0.05, 0) is 36.8 Å². The van der Waals surface area contributed by atoms with Gasteiger partial charge in [0.1, 0.15) is 13.1 Å². The average Bonchev–Trinajstić information content (AvgIpc) is 2.57. The highest BCUT2D eigenvalue weighted by Crippen LogP contribution is 2.22. The SMILES string of the molecule is Cc1ccc(NC(=S)NCC[NH+]2CCOCC2)cc1S(=O)(=O)N(C)C. The Kier molecular flexibility index (Phi) is 7.14. The van der Waals surface area contributed by atoms with Crippen molar-refractivity contribution >= 4 is 33.0 Å². The molecule has 0 radical (unpaired) electrons.